The van der Waals surface area contributed by atoms with Crippen LogP contribution < -0.4 is 14.2 Å². The number of carbonyl (C=O) groups excluding carboxylic acids is 1. The van der Waals surface area contributed by atoms with Gasteiger partial charge < -0.3 is 18.9 Å². The van der Waals surface area contributed by atoms with Gasteiger partial charge in [-0.1, -0.05) is 18.2 Å². The molecule has 2 aromatic rings. The molecule has 3 rings (SSSR count). The second-order valence-electron chi connectivity index (χ2n) is 7.37. The topological polar surface area (TPSA) is 97.1 Å². The van der Waals surface area contributed by atoms with Gasteiger partial charge in [-0.05, 0) is 68.0 Å². The van der Waals surface area contributed by atoms with E-state index in [1.165, 1.54) is 0 Å². The molecule has 2 aromatic carbocycles. The number of methoxy groups -OCH3 is 1. The van der Waals surface area contributed by atoms with Crippen molar-refractivity contribution in [2.45, 2.75) is 38.6 Å². The fraction of sp³-hybridized carbons (Fsp3) is 0.435. The third kappa shape index (κ3) is 5.87. The molecular weight excluding hydrogens is 402 g/mol. The van der Waals surface area contributed by atoms with Gasteiger partial charge in [-0.3, -0.25) is 10.1 Å². The van der Waals surface area contributed by atoms with Crippen molar-refractivity contribution < 1.29 is 28.7 Å². The highest BCUT2D eigenvalue weighted by molar-refractivity contribution is 5.74. The molecule has 0 N–H and O–H groups in total. The zero-order chi connectivity index (χ0) is 22.2. The molecule has 0 saturated heterocycles. The zero-order valence-electron chi connectivity index (χ0n) is 17.7. The maximum atomic E-state index is 12.4. The van der Waals surface area contributed by atoms with Crippen LogP contribution in [0.3, 0.4) is 0 Å². The normalized spacial score (nSPS) is 14.0. The number of fused-ring (bicyclic) bond motifs is 1. The lowest BCUT2D eigenvalue weighted by molar-refractivity contribution is -0.520. The number of nitro groups is 1. The zero-order valence-corrected chi connectivity index (χ0v) is 17.7. The van der Waals surface area contributed by atoms with Gasteiger partial charge in [-0.2, -0.15) is 0 Å². The number of ether oxygens (including phenoxy) is 4. The van der Waals surface area contributed by atoms with Gasteiger partial charge >= 0.3 is 12.0 Å². The first kappa shape index (κ1) is 22.4. The Hall–Kier alpha value is -3.29. The van der Waals surface area contributed by atoms with Crippen LogP contribution in [0.4, 0.5) is 0 Å². The summed E-state index contributed by atoms with van der Waals surface area (Å²) in [4.78, 5) is 23.6. The van der Waals surface area contributed by atoms with Crippen molar-refractivity contribution >= 4 is 5.97 Å². The minimum atomic E-state index is -1.42. The molecular formula is C23H27NO7. The van der Waals surface area contributed by atoms with E-state index in [4.69, 9.17) is 18.9 Å². The molecule has 31 heavy (non-hydrogen) atoms. The number of benzene rings is 2. The molecule has 1 heterocycles. The molecule has 1 aliphatic heterocycles. The van der Waals surface area contributed by atoms with Gasteiger partial charge in [-0.15, -0.1) is 0 Å². The van der Waals surface area contributed by atoms with Crippen LogP contribution in [-0.4, -0.2) is 37.4 Å². The van der Waals surface area contributed by atoms with Crippen molar-refractivity contribution in [1.82, 2.24) is 0 Å². The molecule has 0 aliphatic carbocycles. The van der Waals surface area contributed by atoms with Crippen molar-refractivity contribution in [2.75, 3.05) is 20.5 Å². The fourth-order valence-electron chi connectivity index (χ4n) is 3.78. The number of aryl methyl sites for hydroxylation is 1. The second kappa shape index (κ2) is 10.7. The molecule has 1 aliphatic rings. The van der Waals surface area contributed by atoms with Gasteiger partial charge in [0.25, 0.3) is 0 Å². The molecule has 0 amide bonds. The Bertz CT molecular complexity index is 897. The van der Waals surface area contributed by atoms with Gasteiger partial charge in [0.05, 0.1) is 13.7 Å². The van der Waals surface area contributed by atoms with Crippen molar-refractivity contribution in [1.29, 1.82) is 0 Å². The molecule has 8 heteroatoms. The summed E-state index contributed by atoms with van der Waals surface area (Å²) < 4.78 is 20.9. The average Bonchev–Trinajstić information content (AvgIpc) is 3.22. The standard InChI is InChI=1S/C23H27NO7/c1-3-29-23(25)22(24(26)27)18(6-4-5-16-7-10-19(28-2)11-8-16)13-17-9-12-20-21(14-17)31-15-30-20/h7-12,14,18,22H,3-6,13,15H2,1-2H3. The third-order valence-corrected chi connectivity index (χ3v) is 5.34. The van der Waals surface area contributed by atoms with Crippen LogP contribution in [0.25, 0.3) is 0 Å². The summed E-state index contributed by atoms with van der Waals surface area (Å²) in [6.07, 6.45) is 2.31. The van der Waals surface area contributed by atoms with Crippen LogP contribution in [0.15, 0.2) is 42.5 Å². The van der Waals surface area contributed by atoms with E-state index in [1.807, 2.05) is 36.4 Å². The summed E-state index contributed by atoms with van der Waals surface area (Å²) in [6.45, 7) is 1.90. The van der Waals surface area contributed by atoms with Crippen LogP contribution >= 0.6 is 0 Å². The van der Waals surface area contributed by atoms with Crippen LogP contribution in [0.5, 0.6) is 17.2 Å². The van der Waals surface area contributed by atoms with Crippen molar-refractivity contribution in [3.8, 4) is 17.2 Å². The Balaban J connectivity index is 1.73. The largest absolute Gasteiger partial charge is 0.497 e. The number of nitrogens with zero attached hydrogens (tertiary/aromatic N) is 1. The summed E-state index contributed by atoms with van der Waals surface area (Å²) in [5.41, 5.74) is 1.96. The number of rotatable bonds is 11. The van der Waals surface area contributed by atoms with Crippen molar-refractivity contribution in [3.05, 3.63) is 63.7 Å². The summed E-state index contributed by atoms with van der Waals surface area (Å²) >= 11 is 0. The first-order valence-corrected chi connectivity index (χ1v) is 10.3. The van der Waals surface area contributed by atoms with Gasteiger partial charge in [-0.25, -0.2) is 4.79 Å². The lowest BCUT2D eigenvalue weighted by atomic mass is 9.87. The highest BCUT2D eigenvalue weighted by Crippen LogP contribution is 2.34. The second-order valence-corrected chi connectivity index (χ2v) is 7.37. The quantitative estimate of drug-likeness (QED) is 0.304. The fourth-order valence-corrected chi connectivity index (χ4v) is 3.78. The Morgan fingerprint density at radius 3 is 2.52 bits per heavy atom. The molecule has 2 atom stereocenters. The summed E-state index contributed by atoms with van der Waals surface area (Å²) in [7, 11) is 1.61. The van der Waals surface area contributed by atoms with E-state index in [9.17, 15) is 14.9 Å². The van der Waals surface area contributed by atoms with Crippen LogP contribution in [0, 0.1) is 16.0 Å². The SMILES string of the molecule is CCOC(=O)C(C(CCCc1ccc(OC)cc1)Cc1ccc2c(c1)OCO2)[N+](=O)[O-]. The Morgan fingerprint density at radius 1 is 1.13 bits per heavy atom. The first-order valence-electron chi connectivity index (χ1n) is 10.3. The average molecular weight is 429 g/mol. The first-order chi connectivity index (χ1) is 15.0. The Kier molecular flexibility index (Phi) is 7.70. The van der Waals surface area contributed by atoms with E-state index in [0.717, 1.165) is 23.3 Å². The molecule has 166 valence electrons. The van der Waals surface area contributed by atoms with Gasteiger partial charge in [0, 0.05) is 10.8 Å². The Labute approximate surface area is 181 Å². The smallest absolute Gasteiger partial charge is 0.381 e. The highest BCUT2D eigenvalue weighted by atomic mass is 16.7. The van der Waals surface area contributed by atoms with E-state index >= 15 is 0 Å². The van der Waals surface area contributed by atoms with Gasteiger partial charge in [0.2, 0.25) is 6.79 Å². The molecule has 0 aromatic heterocycles. The maximum absolute atomic E-state index is 12.4. The lowest BCUT2D eigenvalue weighted by Crippen LogP contribution is -2.39. The van der Waals surface area contributed by atoms with E-state index in [1.54, 1.807) is 20.1 Å². The van der Waals surface area contributed by atoms with Gasteiger partial charge in [0.1, 0.15) is 5.75 Å². The predicted octanol–water partition coefficient (Wildman–Crippen LogP) is 3.81. The minimum Gasteiger partial charge on any atom is -0.497 e. The molecule has 0 spiro atoms. The summed E-state index contributed by atoms with van der Waals surface area (Å²) in [5.74, 6) is 0.745. The van der Waals surface area contributed by atoms with E-state index in [-0.39, 0.29) is 13.4 Å². The van der Waals surface area contributed by atoms with Crippen LogP contribution in [0.1, 0.15) is 30.9 Å². The molecule has 0 radical (unpaired) electrons. The van der Waals surface area contributed by atoms with E-state index < -0.39 is 22.9 Å². The number of hydrogen-bond acceptors (Lipinski definition) is 7. The van der Waals surface area contributed by atoms with Crippen LogP contribution in [-0.2, 0) is 22.4 Å². The number of hydrogen-bond donors (Lipinski definition) is 0. The molecule has 0 bridgehead atoms. The predicted molar refractivity (Wildman–Crippen MR) is 113 cm³/mol. The molecule has 2 unspecified atom stereocenters. The monoisotopic (exact) mass is 429 g/mol. The lowest BCUT2D eigenvalue weighted by Gasteiger charge is -2.20. The summed E-state index contributed by atoms with van der Waals surface area (Å²) in [6, 6.07) is 11.8. The Morgan fingerprint density at radius 2 is 1.84 bits per heavy atom. The maximum Gasteiger partial charge on any atom is 0.381 e. The summed E-state index contributed by atoms with van der Waals surface area (Å²) in [5, 5.41) is 11.8. The molecule has 0 saturated carbocycles. The van der Waals surface area contributed by atoms with E-state index in [2.05, 4.69) is 0 Å². The molecule has 0 fully saturated rings. The highest BCUT2D eigenvalue weighted by Gasteiger charge is 2.39. The van der Waals surface area contributed by atoms with Gasteiger partial charge in [0.15, 0.2) is 11.5 Å². The molecule has 8 nitrogen and oxygen atoms in total. The van der Waals surface area contributed by atoms with E-state index in [0.29, 0.717) is 30.8 Å². The number of carbonyl (C=O) groups is 1. The third-order valence-electron chi connectivity index (χ3n) is 5.34. The van der Waals surface area contributed by atoms with Crippen molar-refractivity contribution in [2.24, 2.45) is 5.92 Å². The minimum absolute atomic E-state index is 0.103. The van der Waals surface area contributed by atoms with Crippen LogP contribution in [0.2, 0.25) is 0 Å². The van der Waals surface area contributed by atoms with Crippen molar-refractivity contribution in [3.63, 3.8) is 0 Å². The number of esters is 1.